The normalized spacial score (nSPS) is 13.4. The van der Waals surface area contributed by atoms with E-state index in [9.17, 15) is 73.2 Å². The van der Waals surface area contributed by atoms with Crippen molar-refractivity contribution in [3.63, 3.8) is 0 Å². The van der Waals surface area contributed by atoms with Gasteiger partial charge in [-0.3, -0.25) is 45.3 Å². The van der Waals surface area contributed by atoms with Gasteiger partial charge in [-0.05, 0) is 48.5 Å². The molecule has 25 heteroatoms. The van der Waals surface area contributed by atoms with Crippen molar-refractivity contribution in [2.45, 2.75) is 38.4 Å². The number of esters is 4. The first-order chi connectivity index (χ1) is 31.3. The van der Waals surface area contributed by atoms with Crippen LogP contribution in [0.4, 0.5) is 31.5 Å². The molecule has 0 aliphatic rings. The number of carbonyl (C=O) groups is 5. The van der Waals surface area contributed by atoms with Crippen molar-refractivity contribution in [2.75, 3.05) is 20.3 Å². The first-order valence-corrected chi connectivity index (χ1v) is 18.8. The van der Waals surface area contributed by atoms with Crippen molar-refractivity contribution in [2.24, 2.45) is 17.0 Å². The van der Waals surface area contributed by atoms with Gasteiger partial charge in [0.25, 0.3) is 22.7 Å². The zero-order valence-corrected chi connectivity index (χ0v) is 34.6. The highest BCUT2D eigenvalue weighted by atomic mass is 19.1. The Kier molecular flexibility index (Phi) is 19.5. The van der Waals surface area contributed by atoms with Gasteiger partial charge in [0.1, 0.15) is 19.3 Å². The SMILES string of the molecule is CON=C[C@@H](F)[C@H](OC(=O)c1ccc([N+](=O)[O-])cc1)[C@@H](C)COC(=O)c1ccc([N+](=O)[O-])cc1.C[C@@H](COC(=O)c1ccc([N+](=O)[O-])cc1)[C@@H](OC(=O)c1ccc([N+](=O)[O-])cc1)[C@H](F)C=O. The quantitative estimate of drug-likeness (QED) is 0.0213. The Balaban J connectivity index is 0.000000351. The van der Waals surface area contributed by atoms with Gasteiger partial charge in [-0.25, -0.2) is 28.0 Å². The molecular weight excluding hydrogens is 888 g/mol. The fraction of sp³-hybridized carbons (Fsp3) is 0.268. The summed E-state index contributed by atoms with van der Waals surface area (Å²) in [6, 6.07) is 18.1. The van der Waals surface area contributed by atoms with Crippen molar-refractivity contribution in [3.8, 4) is 0 Å². The number of non-ortho nitro benzene ring substituents is 4. The standard InChI is InChI=1S/C21H20FN3O9.C20H17FN2O9/c1-13(12-33-20(26)14-3-7-16(8-4-14)24(28)29)19(18(22)11-23-32-2)34-21(27)15-5-9-17(10-6-15)25(30)31;1-12(11-31-19(25)13-2-6-15(7-3-13)22(27)28)18(17(21)10-24)32-20(26)14-4-8-16(9-5-14)23(29)30/h3-11,13,18-19H,12H2,1-2H3;2-10,12,17-18H,11H2,1H3/t13-,18+,19+;12-,17+,18+/m00/s1. The number of oxime groups is 1. The van der Waals surface area contributed by atoms with Crippen molar-refractivity contribution < 1.29 is 76.2 Å². The number of aldehydes is 1. The lowest BCUT2D eigenvalue weighted by Gasteiger charge is -2.25. The molecule has 0 amide bonds. The van der Waals surface area contributed by atoms with Crippen LogP contribution in [0.3, 0.4) is 0 Å². The summed E-state index contributed by atoms with van der Waals surface area (Å²) >= 11 is 0. The predicted octanol–water partition coefficient (Wildman–Crippen LogP) is 6.55. The summed E-state index contributed by atoms with van der Waals surface area (Å²) in [5, 5.41) is 46.1. The third-order valence-corrected chi connectivity index (χ3v) is 8.88. The highest BCUT2D eigenvalue weighted by Gasteiger charge is 2.33. The number of carbonyl (C=O) groups excluding carboxylic acids is 5. The highest BCUT2D eigenvalue weighted by Crippen LogP contribution is 2.22. The third-order valence-electron chi connectivity index (χ3n) is 8.88. The van der Waals surface area contributed by atoms with Gasteiger partial charge in [0.2, 0.25) is 0 Å². The molecule has 0 unspecified atom stereocenters. The number of nitrogens with zero attached hydrogens (tertiary/aromatic N) is 5. The zero-order valence-electron chi connectivity index (χ0n) is 34.6. The molecule has 0 saturated carbocycles. The van der Waals surface area contributed by atoms with Crippen molar-refractivity contribution >= 4 is 59.1 Å². The Bertz CT molecular complexity index is 2400. The molecule has 23 nitrogen and oxygen atoms in total. The first-order valence-electron chi connectivity index (χ1n) is 18.8. The average molecular weight is 926 g/mol. The summed E-state index contributed by atoms with van der Waals surface area (Å²) in [5.41, 5.74) is -1.05. The number of nitro benzene ring substituents is 4. The molecule has 4 aromatic carbocycles. The molecule has 6 atom stereocenters. The Hall–Kier alpha value is -8.64. The molecule has 4 aromatic rings. The molecule has 0 aliphatic carbocycles. The van der Waals surface area contributed by atoms with Crippen LogP contribution >= 0.6 is 0 Å². The summed E-state index contributed by atoms with van der Waals surface area (Å²) in [4.78, 5) is 105. The molecule has 348 valence electrons. The lowest BCUT2D eigenvalue weighted by atomic mass is 10.0. The second kappa shape index (κ2) is 24.9. The highest BCUT2D eigenvalue weighted by molar-refractivity contribution is 5.91. The average Bonchev–Trinajstić information content (AvgIpc) is 3.32. The summed E-state index contributed by atoms with van der Waals surface area (Å²) < 4.78 is 49.3. The summed E-state index contributed by atoms with van der Waals surface area (Å²) in [5.74, 6) is -5.46. The van der Waals surface area contributed by atoms with Crippen molar-refractivity contribution in [1.29, 1.82) is 0 Å². The van der Waals surface area contributed by atoms with Crippen LogP contribution in [0, 0.1) is 52.3 Å². The molecule has 0 heterocycles. The minimum absolute atomic E-state index is 0.00871. The molecule has 0 radical (unpaired) electrons. The zero-order chi connectivity index (χ0) is 49.1. The number of rotatable bonds is 21. The Labute approximate surface area is 370 Å². The lowest BCUT2D eigenvalue weighted by Crippen LogP contribution is -2.37. The molecule has 0 fully saturated rings. The van der Waals surface area contributed by atoms with E-state index in [1.807, 2.05) is 0 Å². The number of hydrogen-bond donors (Lipinski definition) is 0. The van der Waals surface area contributed by atoms with E-state index in [1.165, 1.54) is 45.2 Å². The van der Waals surface area contributed by atoms with Crippen LogP contribution in [0.5, 0.6) is 0 Å². The molecule has 0 spiro atoms. The van der Waals surface area contributed by atoms with Crippen LogP contribution in [0.1, 0.15) is 55.3 Å². The number of nitro groups is 4. The largest absolute Gasteiger partial charge is 0.462 e. The number of alkyl halides is 2. The Morgan fingerprint density at radius 2 is 0.803 bits per heavy atom. The maximum atomic E-state index is 14.7. The van der Waals surface area contributed by atoms with E-state index in [0.29, 0.717) is 0 Å². The van der Waals surface area contributed by atoms with Crippen molar-refractivity contribution in [1.82, 2.24) is 0 Å². The van der Waals surface area contributed by atoms with Gasteiger partial charge in [0.05, 0.1) is 61.4 Å². The third kappa shape index (κ3) is 15.3. The van der Waals surface area contributed by atoms with Gasteiger partial charge in [-0.2, -0.15) is 0 Å². The summed E-state index contributed by atoms with van der Waals surface area (Å²) in [6.07, 6.45) is -6.50. The molecule has 0 aromatic heterocycles. The maximum Gasteiger partial charge on any atom is 0.338 e. The Morgan fingerprint density at radius 1 is 0.530 bits per heavy atom. The minimum atomic E-state index is -2.22. The second-order valence-electron chi connectivity index (χ2n) is 13.6. The fourth-order valence-corrected chi connectivity index (χ4v) is 5.30. The van der Waals surface area contributed by atoms with Crippen molar-refractivity contribution in [3.05, 3.63) is 160 Å². The van der Waals surface area contributed by atoms with E-state index in [0.717, 1.165) is 79.0 Å². The Morgan fingerprint density at radius 3 is 1.06 bits per heavy atom. The van der Waals surface area contributed by atoms with Gasteiger partial charge in [-0.15, -0.1) is 0 Å². The van der Waals surface area contributed by atoms with Crippen LogP contribution in [0.2, 0.25) is 0 Å². The first kappa shape index (κ1) is 51.7. The smallest absolute Gasteiger partial charge is 0.338 e. The molecule has 66 heavy (non-hydrogen) atoms. The van der Waals surface area contributed by atoms with Gasteiger partial charge in [0, 0.05) is 60.4 Å². The minimum Gasteiger partial charge on any atom is -0.462 e. The lowest BCUT2D eigenvalue weighted by molar-refractivity contribution is -0.385. The molecular formula is C41H37F2N5O18. The van der Waals surface area contributed by atoms with Crippen LogP contribution in [0.25, 0.3) is 0 Å². The van der Waals surface area contributed by atoms with Crippen LogP contribution in [-0.4, -0.2) is 101 Å². The summed E-state index contributed by atoms with van der Waals surface area (Å²) in [7, 11) is 1.19. The van der Waals surface area contributed by atoms with Gasteiger partial charge < -0.3 is 23.8 Å². The summed E-state index contributed by atoms with van der Waals surface area (Å²) in [6.45, 7) is 2.05. The monoisotopic (exact) mass is 925 g/mol. The second-order valence-corrected chi connectivity index (χ2v) is 13.6. The van der Waals surface area contributed by atoms with Crippen LogP contribution < -0.4 is 0 Å². The van der Waals surface area contributed by atoms with E-state index in [-0.39, 0.29) is 57.9 Å². The predicted molar refractivity (Wildman–Crippen MR) is 221 cm³/mol. The molecule has 0 bridgehead atoms. The van der Waals surface area contributed by atoms with E-state index >= 15 is 0 Å². The number of hydrogen-bond acceptors (Lipinski definition) is 19. The van der Waals surface area contributed by atoms with E-state index in [4.69, 9.17) is 18.9 Å². The number of benzene rings is 4. The van der Waals surface area contributed by atoms with E-state index in [1.54, 1.807) is 0 Å². The molecule has 0 saturated heterocycles. The van der Waals surface area contributed by atoms with E-state index < -0.39 is 86.6 Å². The molecule has 0 aliphatic heterocycles. The van der Waals surface area contributed by atoms with Gasteiger partial charge in [-0.1, -0.05) is 19.0 Å². The molecule has 0 N–H and O–H groups in total. The number of ether oxygens (including phenoxy) is 4. The molecule has 4 rings (SSSR count). The van der Waals surface area contributed by atoms with E-state index in [2.05, 4.69) is 9.99 Å². The topological polar surface area (TPSA) is 316 Å². The number of halogens is 2. The van der Waals surface area contributed by atoms with Crippen LogP contribution in [0.15, 0.2) is 102 Å². The van der Waals surface area contributed by atoms with Gasteiger partial charge >= 0.3 is 23.9 Å². The van der Waals surface area contributed by atoms with Gasteiger partial charge in [0.15, 0.2) is 18.6 Å². The van der Waals surface area contributed by atoms with Crippen LogP contribution in [-0.2, 0) is 28.6 Å². The fourth-order valence-electron chi connectivity index (χ4n) is 5.30. The maximum absolute atomic E-state index is 14.7.